The maximum absolute atomic E-state index is 12.9. The van der Waals surface area contributed by atoms with Gasteiger partial charge in [0.05, 0.1) is 6.10 Å². The predicted molar refractivity (Wildman–Crippen MR) is 102 cm³/mol. The van der Waals surface area contributed by atoms with Crippen molar-refractivity contribution in [3.05, 3.63) is 29.0 Å². The second-order valence-electron chi connectivity index (χ2n) is 8.47. The number of aliphatic hydroxyl groups excluding tert-OH is 1. The van der Waals surface area contributed by atoms with Gasteiger partial charge < -0.3 is 19.2 Å². The molecule has 144 valence electrons. The van der Waals surface area contributed by atoms with Crippen LogP contribution in [0.15, 0.2) is 16.5 Å². The molecule has 5 rings (SSSR count). The van der Waals surface area contributed by atoms with Crippen molar-refractivity contribution in [1.29, 1.82) is 0 Å². The zero-order chi connectivity index (χ0) is 18.6. The van der Waals surface area contributed by atoms with E-state index in [0.29, 0.717) is 17.8 Å². The summed E-state index contributed by atoms with van der Waals surface area (Å²) in [6.07, 6.45) is 7.71. The lowest BCUT2D eigenvalue weighted by Crippen LogP contribution is -2.42. The largest absolute Gasteiger partial charge is 0.487 e. The predicted octanol–water partition coefficient (Wildman–Crippen LogP) is 4.50. The van der Waals surface area contributed by atoms with Crippen molar-refractivity contribution in [2.75, 3.05) is 13.1 Å². The van der Waals surface area contributed by atoms with E-state index in [0.717, 1.165) is 73.9 Å². The van der Waals surface area contributed by atoms with E-state index in [2.05, 4.69) is 0 Å². The number of hydrogen-bond acceptors (Lipinski definition) is 4. The number of amides is 1. The van der Waals surface area contributed by atoms with Crippen molar-refractivity contribution in [3.63, 3.8) is 0 Å². The Bertz CT molecular complexity index is 887. The Kier molecular flexibility index (Phi) is 3.97. The fraction of sp³-hybridized carbons (Fsp3) is 0.591. The molecule has 5 nitrogen and oxygen atoms in total. The molecule has 1 aromatic carbocycles. The zero-order valence-electron chi connectivity index (χ0n) is 15.9. The maximum atomic E-state index is 12.9. The monoisotopic (exact) mass is 369 g/mol. The third-order valence-corrected chi connectivity index (χ3v) is 6.67. The van der Waals surface area contributed by atoms with Gasteiger partial charge in [-0.25, -0.2) is 0 Å². The lowest BCUT2D eigenvalue weighted by molar-refractivity contribution is -0.0373. The smallest absolute Gasteiger partial charge is 0.289 e. The number of likely N-dealkylation sites (tertiary alicyclic amines) is 1. The van der Waals surface area contributed by atoms with Crippen LogP contribution in [-0.4, -0.2) is 34.6 Å². The van der Waals surface area contributed by atoms with E-state index < -0.39 is 6.10 Å². The van der Waals surface area contributed by atoms with Crippen molar-refractivity contribution >= 4 is 16.9 Å². The molecule has 2 aromatic rings. The molecule has 1 spiro atoms. The molecular formula is C22H27NO4. The summed E-state index contributed by atoms with van der Waals surface area (Å²) < 4.78 is 12.4. The quantitative estimate of drug-likeness (QED) is 0.804. The first-order chi connectivity index (χ1) is 13.1. The molecule has 1 aliphatic carbocycles. The van der Waals surface area contributed by atoms with Gasteiger partial charge in [0.25, 0.3) is 5.91 Å². The van der Waals surface area contributed by atoms with E-state index in [9.17, 15) is 9.90 Å². The standard InChI is InChI=1S/C22H27NO4/c1-14-18-16(26-20(14)21(25)23-11-5-6-12-23)7-8-17-19(18)15(24)13-22(27-17)9-3-2-4-10-22/h7-8,15,24H,2-6,9-13H2,1H3/t15-/m1/s1. The van der Waals surface area contributed by atoms with Gasteiger partial charge in [-0.1, -0.05) is 6.42 Å². The van der Waals surface area contributed by atoms with E-state index in [1.807, 2.05) is 24.0 Å². The van der Waals surface area contributed by atoms with Crippen LogP contribution >= 0.6 is 0 Å². The molecule has 0 unspecified atom stereocenters. The minimum absolute atomic E-state index is 0.0371. The third kappa shape index (κ3) is 2.66. The summed E-state index contributed by atoms with van der Waals surface area (Å²) in [7, 11) is 0. The average Bonchev–Trinajstić information content (AvgIpc) is 3.30. The van der Waals surface area contributed by atoms with Gasteiger partial charge in [-0.05, 0) is 57.6 Å². The number of aliphatic hydroxyl groups is 1. The van der Waals surface area contributed by atoms with Crippen LogP contribution in [0.1, 0.15) is 79.2 Å². The summed E-state index contributed by atoms with van der Waals surface area (Å²) in [4.78, 5) is 14.7. The fourth-order valence-corrected chi connectivity index (χ4v) is 5.27. The molecule has 1 saturated carbocycles. The number of aryl methyl sites for hydroxylation is 1. The van der Waals surface area contributed by atoms with Crippen molar-refractivity contribution in [2.45, 2.75) is 70.0 Å². The fourth-order valence-electron chi connectivity index (χ4n) is 5.27. The number of carbonyl (C=O) groups is 1. The first kappa shape index (κ1) is 17.1. The van der Waals surface area contributed by atoms with E-state index in [4.69, 9.17) is 9.15 Å². The highest BCUT2D eigenvalue weighted by atomic mass is 16.5. The Hall–Kier alpha value is -2.01. The molecule has 3 heterocycles. The van der Waals surface area contributed by atoms with E-state index in [1.165, 1.54) is 6.42 Å². The molecule has 2 fully saturated rings. The highest BCUT2D eigenvalue weighted by molar-refractivity contribution is 6.00. The Labute approximate surface area is 159 Å². The van der Waals surface area contributed by atoms with Gasteiger partial charge in [0.2, 0.25) is 0 Å². The molecule has 27 heavy (non-hydrogen) atoms. The Morgan fingerprint density at radius 2 is 1.89 bits per heavy atom. The maximum Gasteiger partial charge on any atom is 0.289 e. The third-order valence-electron chi connectivity index (χ3n) is 6.67. The Balaban J connectivity index is 1.58. The van der Waals surface area contributed by atoms with Crippen molar-refractivity contribution < 1.29 is 19.1 Å². The number of nitrogens with zero attached hydrogens (tertiary/aromatic N) is 1. The second-order valence-corrected chi connectivity index (χ2v) is 8.47. The Morgan fingerprint density at radius 1 is 1.15 bits per heavy atom. The van der Waals surface area contributed by atoms with Gasteiger partial charge in [0.1, 0.15) is 16.9 Å². The van der Waals surface area contributed by atoms with Crippen molar-refractivity contribution in [2.24, 2.45) is 0 Å². The van der Waals surface area contributed by atoms with Crippen LogP contribution in [0.2, 0.25) is 0 Å². The number of benzene rings is 1. The van der Waals surface area contributed by atoms with E-state index >= 15 is 0 Å². The lowest BCUT2D eigenvalue weighted by atomic mass is 9.77. The number of fused-ring (bicyclic) bond motifs is 3. The summed E-state index contributed by atoms with van der Waals surface area (Å²) >= 11 is 0. The summed E-state index contributed by atoms with van der Waals surface area (Å²) in [6.45, 7) is 3.51. The molecule has 3 aliphatic rings. The topological polar surface area (TPSA) is 62.9 Å². The lowest BCUT2D eigenvalue weighted by Gasteiger charge is -2.43. The molecule has 1 atom stereocenters. The molecule has 1 saturated heterocycles. The molecule has 1 amide bonds. The number of rotatable bonds is 1. The normalized spacial score (nSPS) is 24.2. The molecular weight excluding hydrogens is 342 g/mol. The Morgan fingerprint density at radius 3 is 2.63 bits per heavy atom. The number of hydrogen-bond donors (Lipinski definition) is 1. The zero-order valence-corrected chi connectivity index (χ0v) is 15.9. The van der Waals surface area contributed by atoms with Crippen LogP contribution in [-0.2, 0) is 0 Å². The van der Waals surface area contributed by atoms with Crippen LogP contribution in [0.3, 0.4) is 0 Å². The number of carbonyl (C=O) groups excluding carboxylic acids is 1. The van der Waals surface area contributed by atoms with Gasteiger partial charge in [0, 0.05) is 36.0 Å². The number of furan rings is 1. The van der Waals surface area contributed by atoms with Crippen LogP contribution in [0, 0.1) is 6.92 Å². The molecule has 1 aromatic heterocycles. The SMILES string of the molecule is Cc1c(C(=O)N2CCCC2)oc2ccc3c(c12)[C@H](O)CC1(CCCCC1)O3. The highest BCUT2D eigenvalue weighted by Crippen LogP contribution is 2.49. The van der Waals surface area contributed by atoms with Crippen molar-refractivity contribution in [1.82, 2.24) is 4.90 Å². The summed E-state index contributed by atoms with van der Waals surface area (Å²) in [5, 5.41) is 11.9. The van der Waals surface area contributed by atoms with E-state index in [1.54, 1.807) is 0 Å². The van der Waals surface area contributed by atoms with Gasteiger partial charge in [0.15, 0.2) is 5.76 Å². The van der Waals surface area contributed by atoms with Crippen LogP contribution in [0.4, 0.5) is 0 Å². The highest BCUT2D eigenvalue weighted by Gasteiger charge is 2.42. The first-order valence-electron chi connectivity index (χ1n) is 10.3. The summed E-state index contributed by atoms with van der Waals surface area (Å²) in [5.74, 6) is 1.13. The molecule has 0 bridgehead atoms. The summed E-state index contributed by atoms with van der Waals surface area (Å²) in [5.41, 5.74) is 2.05. The molecule has 5 heteroatoms. The molecule has 2 aliphatic heterocycles. The first-order valence-corrected chi connectivity index (χ1v) is 10.3. The number of ether oxygens (including phenoxy) is 1. The van der Waals surface area contributed by atoms with Crippen LogP contribution < -0.4 is 4.74 Å². The minimum Gasteiger partial charge on any atom is -0.487 e. The van der Waals surface area contributed by atoms with Gasteiger partial charge in [-0.2, -0.15) is 0 Å². The second kappa shape index (κ2) is 6.26. The summed E-state index contributed by atoms with van der Waals surface area (Å²) in [6, 6.07) is 3.79. The van der Waals surface area contributed by atoms with Crippen LogP contribution in [0.5, 0.6) is 5.75 Å². The van der Waals surface area contributed by atoms with Crippen LogP contribution in [0.25, 0.3) is 11.0 Å². The molecule has 0 radical (unpaired) electrons. The van der Waals surface area contributed by atoms with Gasteiger partial charge in [-0.15, -0.1) is 0 Å². The average molecular weight is 369 g/mol. The van der Waals surface area contributed by atoms with Gasteiger partial charge >= 0.3 is 0 Å². The van der Waals surface area contributed by atoms with Crippen molar-refractivity contribution in [3.8, 4) is 5.75 Å². The molecule has 1 N–H and O–H groups in total. The van der Waals surface area contributed by atoms with E-state index in [-0.39, 0.29) is 11.5 Å². The van der Waals surface area contributed by atoms with Gasteiger partial charge in [-0.3, -0.25) is 4.79 Å². The minimum atomic E-state index is -0.582.